The average Bonchev–Trinajstić information content (AvgIpc) is 2.67. The number of aryl methyl sites for hydroxylation is 2. The van der Waals surface area contributed by atoms with Crippen molar-refractivity contribution < 1.29 is 9.53 Å². The maximum Gasteiger partial charge on any atom is 0.322 e. The molecule has 2 aromatic carbocycles. The van der Waals surface area contributed by atoms with Gasteiger partial charge in [0.1, 0.15) is 5.75 Å². The van der Waals surface area contributed by atoms with E-state index >= 15 is 0 Å². The summed E-state index contributed by atoms with van der Waals surface area (Å²) < 4.78 is 5.30. The molecule has 3 rings (SSSR count). The van der Waals surface area contributed by atoms with Gasteiger partial charge in [-0.1, -0.05) is 23.8 Å². The number of rotatable bonds is 5. The van der Waals surface area contributed by atoms with E-state index < -0.39 is 0 Å². The Morgan fingerprint density at radius 1 is 1.18 bits per heavy atom. The van der Waals surface area contributed by atoms with Crippen molar-refractivity contribution in [3.05, 3.63) is 69.5 Å². The van der Waals surface area contributed by atoms with Crippen LogP contribution in [0.1, 0.15) is 23.6 Å². The number of fused-ring (bicyclic) bond motifs is 1. The zero-order chi connectivity index (χ0) is 20.3. The van der Waals surface area contributed by atoms with Crippen LogP contribution in [0.5, 0.6) is 5.75 Å². The third-order valence-electron chi connectivity index (χ3n) is 4.76. The van der Waals surface area contributed by atoms with Gasteiger partial charge in [-0.25, -0.2) is 4.79 Å². The third-order valence-corrected chi connectivity index (χ3v) is 4.76. The lowest BCUT2D eigenvalue weighted by atomic mass is 10.0. The molecule has 1 heterocycles. The van der Waals surface area contributed by atoms with E-state index in [-0.39, 0.29) is 11.6 Å². The molecule has 2 amide bonds. The van der Waals surface area contributed by atoms with Gasteiger partial charge in [0, 0.05) is 24.5 Å². The maximum atomic E-state index is 12.8. The van der Waals surface area contributed by atoms with E-state index in [1.807, 2.05) is 45.0 Å². The molecule has 28 heavy (non-hydrogen) atoms. The van der Waals surface area contributed by atoms with Crippen LogP contribution in [-0.2, 0) is 6.54 Å². The third kappa shape index (κ3) is 4.01. The number of methoxy groups -OCH3 is 1. The monoisotopic (exact) mass is 379 g/mol. The molecule has 3 aromatic rings. The number of H-pyrrole nitrogens is 1. The number of nitrogens with one attached hydrogen (secondary N) is 2. The van der Waals surface area contributed by atoms with Gasteiger partial charge < -0.3 is 19.9 Å². The van der Waals surface area contributed by atoms with Gasteiger partial charge in [-0.15, -0.1) is 0 Å². The summed E-state index contributed by atoms with van der Waals surface area (Å²) in [6, 6.07) is 12.7. The van der Waals surface area contributed by atoms with E-state index in [1.165, 1.54) is 0 Å². The predicted octanol–water partition coefficient (Wildman–Crippen LogP) is 4.21. The Morgan fingerprint density at radius 3 is 2.64 bits per heavy atom. The Morgan fingerprint density at radius 2 is 1.93 bits per heavy atom. The van der Waals surface area contributed by atoms with Crippen molar-refractivity contribution in [2.24, 2.45) is 0 Å². The lowest BCUT2D eigenvalue weighted by Crippen LogP contribution is -2.34. The lowest BCUT2D eigenvalue weighted by Gasteiger charge is -2.23. The number of ether oxygens (including phenoxy) is 1. The van der Waals surface area contributed by atoms with Gasteiger partial charge >= 0.3 is 6.03 Å². The molecule has 6 heteroatoms. The molecule has 0 bridgehead atoms. The van der Waals surface area contributed by atoms with Crippen LogP contribution in [0.15, 0.2) is 47.3 Å². The van der Waals surface area contributed by atoms with Crippen LogP contribution in [0.4, 0.5) is 10.5 Å². The number of nitrogens with zero attached hydrogens (tertiary/aromatic N) is 1. The molecule has 0 atom stereocenters. The summed E-state index contributed by atoms with van der Waals surface area (Å²) in [5.74, 6) is 0.597. The number of benzene rings is 2. The molecule has 0 fully saturated rings. The van der Waals surface area contributed by atoms with E-state index in [2.05, 4.69) is 10.3 Å². The van der Waals surface area contributed by atoms with E-state index in [9.17, 15) is 9.59 Å². The summed E-state index contributed by atoms with van der Waals surface area (Å²) in [7, 11) is 1.57. The van der Waals surface area contributed by atoms with E-state index in [1.54, 1.807) is 30.2 Å². The minimum Gasteiger partial charge on any atom is -0.495 e. The molecule has 6 nitrogen and oxygen atoms in total. The first-order valence-electron chi connectivity index (χ1n) is 9.25. The predicted molar refractivity (Wildman–Crippen MR) is 112 cm³/mol. The second-order valence-corrected chi connectivity index (χ2v) is 6.81. The molecular formula is C22H25N3O3. The van der Waals surface area contributed by atoms with Crippen LogP contribution in [0.25, 0.3) is 10.9 Å². The number of anilines is 1. The SMILES string of the molecule is CCN(Cc1cc(=O)[nH]c2c(C)cc(C)cc12)C(=O)Nc1ccccc1OC. The highest BCUT2D eigenvalue weighted by Crippen LogP contribution is 2.25. The number of aromatic nitrogens is 1. The Hall–Kier alpha value is -3.28. The Bertz CT molecular complexity index is 1070. The number of carbonyl (C=O) groups excluding carboxylic acids is 1. The lowest BCUT2D eigenvalue weighted by molar-refractivity contribution is 0.212. The van der Waals surface area contributed by atoms with Crippen LogP contribution in [0.3, 0.4) is 0 Å². The van der Waals surface area contributed by atoms with Gasteiger partial charge in [-0.2, -0.15) is 0 Å². The molecule has 0 saturated heterocycles. The molecule has 0 radical (unpaired) electrons. The van der Waals surface area contributed by atoms with E-state index in [0.717, 1.165) is 27.6 Å². The molecule has 0 unspecified atom stereocenters. The molecule has 146 valence electrons. The summed E-state index contributed by atoms with van der Waals surface area (Å²) in [5.41, 5.74) is 4.19. The number of pyridine rings is 1. The molecule has 2 N–H and O–H groups in total. The number of para-hydroxylation sites is 2. The van der Waals surface area contributed by atoms with Crippen molar-refractivity contribution >= 4 is 22.6 Å². The minimum absolute atomic E-state index is 0.171. The van der Waals surface area contributed by atoms with Crippen LogP contribution in [0.2, 0.25) is 0 Å². The van der Waals surface area contributed by atoms with Crippen molar-refractivity contribution in [2.75, 3.05) is 19.0 Å². The number of hydrogen-bond donors (Lipinski definition) is 2. The molecule has 0 aliphatic carbocycles. The van der Waals surface area contributed by atoms with Crippen molar-refractivity contribution in [3.63, 3.8) is 0 Å². The summed E-state index contributed by atoms with van der Waals surface area (Å²) in [5, 5.41) is 3.85. The number of amides is 2. The molecule has 0 aliphatic rings. The Labute approximate surface area is 164 Å². The van der Waals surface area contributed by atoms with Crippen LogP contribution >= 0.6 is 0 Å². The normalized spacial score (nSPS) is 10.7. The molecule has 1 aromatic heterocycles. The Kier molecular flexibility index (Phi) is 5.68. The van der Waals surface area contributed by atoms with Crippen LogP contribution in [-0.4, -0.2) is 29.6 Å². The first-order chi connectivity index (χ1) is 13.4. The first-order valence-corrected chi connectivity index (χ1v) is 9.25. The van der Waals surface area contributed by atoms with Gasteiger partial charge in [-0.3, -0.25) is 4.79 Å². The summed E-state index contributed by atoms with van der Waals surface area (Å²) in [4.78, 5) is 29.6. The fourth-order valence-corrected chi connectivity index (χ4v) is 3.39. The van der Waals surface area contributed by atoms with Gasteiger partial charge in [0.2, 0.25) is 5.56 Å². The van der Waals surface area contributed by atoms with Gasteiger partial charge in [0.05, 0.1) is 18.3 Å². The highest BCUT2D eigenvalue weighted by atomic mass is 16.5. The second-order valence-electron chi connectivity index (χ2n) is 6.81. The molecule has 0 aliphatic heterocycles. The van der Waals surface area contributed by atoms with Crippen LogP contribution < -0.4 is 15.6 Å². The van der Waals surface area contributed by atoms with E-state index in [4.69, 9.17) is 4.74 Å². The average molecular weight is 379 g/mol. The topological polar surface area (TPSA) is 74.4 Å². The standard InChI is InChI=1S/C22H25N3O3/c1-5-25(22(27)23-18-8-6-7-9-19(18)28-4)13-16-12-20(26)24-21-15(3)10-14(2)11-17(16)21/h6-12H,5,13H2,1-4H3,(H,23,27)(H,24,26). The second kappa shape index (κ2) is 8.17. The number of aromatic amines is 1. The minimum atomic E-state index is -0.246. The van der Waals surface area contributed by atoms with E-state index in [0.29, 0.717) is 24.5 Å². The smallest absolute Gasteiger partial charge is 0.322 e. The Balaban J connectivity index is 1.93. The maximum absolute atomic E-state index is 12.8. The fraction of sp³-hybridized carbons (Fsp3) is 0.273. The van der Waals surface area contributed by atoms with Crippen molar-refractivity contribution in [2.45, 2.75) is 27.3 Å². The summed E-state index contributed by atoms with van der Waals surface area (Å²) in [6.07, 6.45) is 0. The molecule has 0 spiro atoms. The van der Waals surface area contributed by atoms with Gasteiger partial charge in [-0.05, 0) is 50.1 Å². The van der Waals surface area contributed by atoms with Gasteiger partial charge in [0.25, 0.3) is 0 Å². The summed E-state index contributed by atoms with van der Waals surface area (Å²) >= 11 is 0. The number of urea groups is 1. The van der Waals surface area contributed by atoms with Crippen LogP contribution in [0, 0.1) is 13.8 Å². The van der Waals surface area contributed by atoms with Crippen molar-refractivity contribution in [1.82, 2.24) is 9.88 Å². The summed E-state index contributed by atoms with van der Waals surface area (Å²) in [6.45, 7) is 6.74. The fourth-order valence-electron chi connectivity index (χ4n) is 3.39. The largest absolute Gasteiger partial charge is 0.495 e. The van der Waals surface area contributed by atoms with Gasteiger partial charge in [0.15, 0.2) is 0 Å². The highest BCUT2D eigenvalue weighted by molar-refractivity contribution is 5.91. The number of hydrogen-bond acceptors (Lipinski definition) is 3. The van der Waals surface area contributed by atoms with Crippen molar-refractivity contribution in [3.8, 4) is 5.75 Å². The molecule has 0 saturated carbocycles. The highest BCUT2D eigenvalue weighted by Gasteiger charge is 2.16. The zero-order valence-electron chi connectivity index (χ0n) is 16.6. The molecular weight excluding hydrogens is 354 g/mol. The first kappa shape index (κ1) is 19.5. The quantitative estimate of drug-likeness (QED) is 0.697. The van der Waals surface area contributed by atoms with Crippen molar-refractivity contribution in [1.29, 1.82) is 0 Å². The zero-order valence-corrected chi connectivity index (χ0v) is 16.6. The number of carbonyl (C=O) groups is 1.